The minimum absolute atomic E-state index is 0.134. The summed E-state index contributed by atoms with van der Waals surface area (Å²) in [7, 11) is 0. The molecule has 0 spiro atoms. The van der Waals surface area contributed by atoms with Crippen LogP contribution in [0.1, 0.15) is 13.8 Å². The number of rotatable bonds is 3. The lowest BCUT2D eigenvalue weighted by molar-refractivity contribution is 0.944. The van der Waals surface area contributed by atoms with Crippen molar-refractivity contribution in [2.75, 3.05) is 0 Å². The largest absolute Gasteiger partial charge is 0.255 e. The van der Waals surface area contributed by atoms with Crippen LogP contribution in [-0.4, -0.2) is 5.04 Å². The van der Waals surface area contributed by atoms with Crippen LogP contribution in [0.2, 0.25) is 0 Å². The molecule has 0 N–H and O–H groups in total. The number of aliphatic imine (C=N–C) groups is 1. The van der Waals surface area contributed by atoms with E-state index in [0.717, 1.165) is 9.95 Å². The molecule has 0 saturated heterocycles. The van der Waals surface area contributed by atoms with E-state index >= 15 is 0 Å². The van der Waals surface area contributed by atoms with Crippen molar-refractivity contribution in [2.45, 2.75) is 13.8 Å². The van der Waals surface area contributed by atoms with Crippen LogP contribution in [0.25, 0.3) is 0 Å². The predicted octanol–water partition coefficient (Wildman–Crippen LogP) is 2.95. The number of allylic oxidation sites excluding steroid dienone is 1. The first-order valence-corrected chi connectivity index (χ1v) is 4.35. The van der Waals surface area contributed by atoms with Crippen molar-refractivity contribution in [2.24, 2.45) is 10.9 Å². The van der Waals surface area contributed by atoms with E-state index in [1.54, 1.807) is 0 Å². The lowest BCUT2D eigenvalue weighted by Crippen LogP contribution is -1.93. The third kappa shape index (κ3) is 3.99. The Morgan fingerprint density at radius 3 is 2.75 bits per heavy atom. The average Bonchev–Trinajstić information content (AvgIpc) is 2.03. The zero-order chi connectivity index (χ0) is 9.56. The third-order valence-corrected chi connectivity index (χ3v) is 2.25. The van der Waals surface area contributed by atoms with Gasteiger partial charge in [0.05, 0.1) is 17.0 Å². The third-order valence-electron chi connectivity index (χ3n) is 1.23. The van der Waals surface area contributed by atoms with Crippen LogP contribution >= 0.6 is 11.8 Å². The zero-order valence-electron chi connectivity index (χ0n) is 7.37. The summed E-state index contributed by atoms with van der Waals surface area (Å²) in [6, 6.07) is 2.11. The standard InChI is InChI=1S/C9H12N2S/c1-5-11-9(4)12-8(3)7(2)6-10/h5,7H,1,3H2,2,4H3. The van der Waals surface area contributed by atoms with Gasteiger partial charge in [0.2, 0.25) is 0 Å². The summed E-state index contributed by atoms with van der Waals surface area (Å²) < 4.78 is 0. The first-order chi connectivity index (χ1) is 5.61. The topological polar surface area (TPSA) is 36.1 Å². The van der Waals surface area contributed by atoms with Gasteiger partial charge in [-0.2, -0.15) is 5.26 Å². The maximum absolute atomic E-state index is 8.56. The molecule has 3 heteroatoms. The molecule has 0 aromatic rings. The second kappa shape index (κ2) is 5.62. The van der Waals surface area contributed by atoms with Gasteiger partial charge in [-0.25, -0.2) is 0 Å². The average molecular weight is 180 g/mol. The predicted molar refractivity (Wildman–Crippen MR) is 54.8 cm³/mol. The molecule has 1 atom stereocenters. The molecule has 0 fully saturated rings. The quantitative estimate of drug-likeness (QED) is 0.494. The fourth-order valence-electron chi connectivity index (χ4n) is 0.505. The number of nitriles is 1. The van der Waals surface area contributed by atoms with Crippen LogP contribution in [-0.2, 0) is 0 Å². The molecular formula is C9H12N2S. The molecule has 0 aliphatic rings. The second-order valence-corrected chi connectivity index (χ2v) is 3.57. The number of hydrogen-bond donors (Lipinski definition) is 0. The van der Waals surface area contributed by atoms with Gasteiger partial charge in [-0.3, -0.25) is 4.99 Å². The normalized spacial score (nSPS) is 13.2. The molecule has 0 heterocycles. The van der Waals surface area contributed by atoms with Crippen molar-refractivity contribution < 1.29 is 0 Å². The second-order valence-electron chi connectivity index (χ2n) is 2.25. The smallest absolute Gasteiger partial charge is 0.0744 e. The van der Waals surface area contributed by atoms with Gasteiger partial charge < -0.3 is 0 Å². The highest BCUT2D eigenvalue weighted by atomic mass is 32.2. The molecule has 64 valence electrons. The van der Waals surface area contributed by atoms with Gasteiger partial charge >= 0.3 is 0 Å². The van der Waals surface area contributed by atoms with Gasteiger partial charge in [-0.05, 0) is 13.8 Å². The van der Waals surface area contributed by atoms with E-state index in [1.807, 2.05) is 13.8 Å². The van der Waals surface area contributed by atoms with Crippen molar-refractivity contribution in [1.82, 2.24) is 0 Å². The highest BCUT2D eigenvalue weighted by Crippen LogP contribution is 2.22. The minimum Gasteiger partial charge on any atom is -0.255 e. The van der Waals surface area contributed by atoms with E-state index in [1.165, 1.54) is 18.0 Å². The highest BCUT2D eigenvalue weighted by Gasteiger charge is 2.06. The van der Waals surface area contributed by atoms with Gasteiger partial charge in [0, 0.05) is 11.1 Å². The summed E-state index contributed by atoms with van der Waals surface area (Å²) in [6.07, 6.45) is 1.48. The lowest BCUT2D eigenvalue weighted by Gasteiger charge is -2.04. The molecule has 0 rings (SSSR count). The summed E-state index contributed by atoms with van der Waals surface area (Å²) in [4.78, 5) is 4.77. The van der Waals surface area contributed by atoms with E-state index < -0.39 is 0 Å². The molecule has 0 aliphatic heterocycles. The van der Waals surface area contributed by atoms with Crippen LogP contribution in [0.15, 0.2) is 29.3 Å². The molecule has 0 amide bonds. The van der Waals surface area contributed by atoms with Gasteiger partial charge in [0.1, 0.15) is 0 Å². The van der Waals surface area contributed by atoms with Crippen LogP contribution in [0.3, 0.4) is 0 Å². The Kier molecular flexibility index (Phi) is 5.14. The molecule has 0 aliphatic carbocycles. The molecule has 0 aromatic carbocycles. The molecule has 12 heavy (non-hydrogen) atoms. The van der Waals surface area contributed by atoms with Crippen molar-refractivity contribution in [3.63, 3.8) is 0 Å². The Hall–Kier alpha value is -1.01. The molecule has 0 aromatic heterocycles. The Morgan fingerprint density at radius 2 is 2.33 bits per heavy atom. The minimum atomic E-state index is -0.134. The Morgan fingerprint density at radius 1 is 1.75 bits per heavy atom. The summed E-state index contributed by atoms with van der Waals surface area (Å²) in [5, 5.41) is 9.42. The van der Waals surface area contributed by atoms with E-state index in [2.05, 4.69) is 24.2 Å². The maximum atomic E-state index is 8.56. The van der Waals surface area contributed by atoms with Crippen LogP contribution in [0.5, 0.6) is 0 Å². The molecule has 0 bridgehead atoms. The van der Waals surface area contributed by atoms with Crippen LogP contribution in [0.4, 0.5) is 0 Å². The summed E-state index contributed by atoms with van der Waals surface area (Å²) in [6.45, 7) is 10.9. The molecule has 0 radical (unpaired) electrons. The van der Waals surface area contributed by atoms with Gasteiger partial charge in [-0.1, -0.05) is 24.9 Å². The Bertz CT molecular complexity index is 248. The molecule has 1 unspecified atom stereocenters. The van der Waals surface area contributed by atoms with Gasteiger partial charge in [0.15, 0.2) is 0 Å². The number of nitrogens with zero attached hydrogens (tertiary/aromatic N) is 2. The zero-order valence-corrected chi connectivity index (χ0v) is 8.19. The van der Waals surface area contributed by atoms with E-state index in [-0.39, 0.29) is 5.92 Å². The fraction of sp³-hybridized carbons (Fsp3) is 0.333. The van der Waals surface area contributed by atoms with E-state index in [4.69, 9.17) is 5.26 Å². The summed E-state index contributed by atoms with van der Waals surface area (Å²) in [5.41, 5.74) is 0. The van der Waals surface area contributed by atoms with Crippen molar-refractivity contribution in [1.29, 1.82) is 5.26 Å². The first-order valence-electron chi connectivity index (χ1n) is 3.53. The monoisotopic (exact) mass is 180 g/mol. The summed E-state index contributed by atoms with van der Waals surface area (Å²) >= 11 is 1.42. The number of thioether (sulfide) groups is 1. The maximum Gasteiger partial charge on any atom is 0.0744 e. The summed E-state index contributed by atoms with van der Waals surface area (Å²) in [5.74, 6) is -0.134. The fourth-order valence-corrected chi connectivity index (χ4v) is 1.24. The number of hydrogen-bond acceptors (Lipinski definition) is 3. The van der Waals surface area contributed by atoms with Crippen LogP contribution < -0.4 is 0 Å². The molecule has 0 saturated carbocycles. The Labute approximate surface area is 77.7 Å². The van der Waals surface area contributed by atoms with Gasteiger partial charge in [0.25, 0.3) is 0 Å². The highest BCUT2D eigenvalue weighted by molar-refractivity contribution is 8.17. The van der Waals surface area contributed by atoms with Crippen molar-refractivity contribution in [3.05, 3.63) is 24.3 Å². The first kappa shape index (κ1) is 11.0. The molecular weight excluding hydrogens is 168 g/mol. The van der Waals surface area contributed by atoms with E-state index in [9.17, 15) is 0 Å². The molecule has 2 nitrogen and oxygen atoms in total. The SMILES string of the molecule is C=CN=C(C)SC(=C)C(C)C#N. The van der Waals surface area contributed by atoms with Crippen LogP contribution in [0, 0.1) is 17.2 Å². The Balaban J connectivity index is 4.11. The van der Waals surface area contributed by atoms with Gasteiger partial charge in [-0.15, -0.1) is 0 Å². The van der Waals surface area contributed by atoms with E-state index in [0.29, 0.717) is 0 Å². The van der Waals surface area contributed by atoms with Crippen molar-refractivity contribution >= 4 is 16.8 Å². The lowest BCUT2D eigenvalue weighted by atomic mass is 10.2. The van der Waals surface area contributed by atoms with Crippen molar-refractivity contribution in [3.8, 4) is 6.07 Å².